The minimum atomic E-state index is -0.571. The maximum atomic E-state index is 14.0. The molecule has 2 aromatic carbocycles. The number of halogens is 3. The van der Waals surface area contributed by atoms with Crippen LogP contribution in [0.25, 0.3) is 0 Å². The van der Waals surface area contributed by atoms with Gasteiger partial charge in [0, 0.05) is 29.7 Å². The zero-order chi connectivity index (χ0) is 14.3. The van der Waals surface area contributed by atoms with Gasteiger partial charge in [0.1, 0.15) is 23.5 Å². The molecule has 1 heterocycles. The Labute approximate surface area is 120 Å². The van der Waals surface area contributed by atoms with Crippen LogP contribution < -0.4 is 10.5 Å². The largest absolute Gasteiger partial charge is 0.485 e. The summed E-state index contributed by atoms with van der Waals surface area (Å²) in [5, 5.41) is 0.0321. The molecule has 2 aromatic rings. The fourth-order valence-corrected chi connectivity index (χ4v) is 2.62. The summed E-state index contributed by atoms with van der Waals surface area (Å²) in [6.07, 6.45) is -0.159. The average molecular weight is 296 g/mol. The summed E-state index contributed by atoms with van der Waals surface area (Å²) in [6.45, 7) is 0. The third-order valence-electron chi connectivity index (χ3n) is 3.44. The standard InChI is InChI=1S/C15H12ClF2NO/c16-11-3-1-2-10(15(11)18)14-7-12(19)9-5-4-8(17)6-13(9)20-14/h1-6,12,14H,7,19H2/t12-,14?/m1/s1. The third kappa shape index (κ3) is 2.25. The minimum Gasteiger partial charge on any atom is -0.485 e. The Kier molecular flexibility index (Phi) is 3.36. The van der Waals surface area contributed by atoms with Gasteiger partial charge < -0.3 is 10.5 Å². The second-order valence-electron chi connectivity index (χ2n) is 4.77. The van der Waals surface area contributed by atoms with Crippen molar-refractivity contribution in [3.8, 4) is 5.75 Å². The smallest absolute Gasteiger partial charge is 0.148 e. The van der Waals surface area contributed by atoms with E-state index < -0.39 is 17.7 Å². The molecule has 0 saturated heterocycles. The van der Waals surface area contributed by atoms with Crippen molar-refractivity contribution < 1.29 is 13.5 Å². The number of hydrogen-bond acceptors (Lipinski definition) is 2. The van der Waals surface area contributed by atoms with E-state index in [1.165, 1.54) is 18.2 Å². The highest BCUT2D eigenvalue weighted by molar-refractivity contribution is 6.30. The van der Waals surface area contributed by atoms with Crippen molar-refractivity contribution in [1.29, 1.82) is 0 Å². The topological polar surface area (TPSA) is 35.2 Å². The lowest BCUT2D eigenvalue weighted by Crippen LogP contribution is -2.24. The van der Waals surface area contributed by atoms with E-state index in [0.29, 0.717) is 17.7 Å². The van der Waals surface area contributed by atoms with Crippen molar-refractivity contribution >= 4 is 11.6 Å². The van der Waals surface area contributed by atoms with E-state index in [1.807, 2.05) is 0 Å². The first-order chi connectivity index (χ1) is 9.56. The summed E-state index contributed by atoms with van der Waals surface area (Å²) in [7, 11) is 0. The van der Waals surface area contributed by atoms with E-state index >= 15 is 0 Å². The van der Waals surface area contributed by atoms with E-state index in [-0.39, 0.29) is 11.1 Å². The number of ether oxygens (including phenoxy) is 1. The van der Waals surface area contributed by atoms with Crippen LogP contribution in [0, 0.1) is 11.6 Å². The van der Waals surface area contributed by atoms with E-state index in [0.717, 1.165) is 5.56 Å². The molecule has 5 heteroatoms. The number of hydrogen-bond donors (Lipinski definition) is 1. The van der Waals surface area contributed by atoms with Crippen LogP contribution in [0.2, 0.25) is 5.02 Å². The SMILES string of the molecule is N[C@@H]1CC(c2cccc(Cl)c2F)Oc2cc(F)ccc21. The molecule has 0 aromatic heterocycles. The fourth-order valence-electron chi connectivity index (χ4n) is 2.44. The van der Waals surface area contributed by atoms with Crippen molar-refractivity contribution in [2.24, 2.45) is 5.73 Å². The Morgan fingerprint density at radius 1 is 1.15 bits per heavy atom. The van der Waals surface area contributed by atoms with Gasteiger partial charge in [0.05, 0.1) is 5.02 Å². The lowest BCUT2D eigenvalue weighted by molar-refractivity contribution is 0.156. The van der Waals surface area contributed by atoms with Crippen LogP contribution in [0.3, 0.4) is 0 Å². The van der Waals surface area contributed by atoms with E-state index in [9.17, 15) is 8.78 Å². The molecule has 0 saturated carbocycles. The third-order valence-corrected chi connectivity index (χ3v) is 3.73. The molecule has 3 rings (SSSR count). The average Bonchev–Trinajstić information content (AvgIpc) is 2.41. The molecule has 2 nitrogen and oxygen atoms in total. The molecule has 1 unspecified atom stereocenters. The predicted octanol–water partition coefficient (Wildman–Crippen LogP) is 4.14. The van der Waals surface area contributed by atoms with E-state index in [2.05, 4.69) is 0 Å². The summed E-state index contributed by atoms with van der Waals surface area (Å²) in [6, 6.07) is 8.59. The predicted molar refractivity (Wildman–Crippen MR) is 72.7 cm³/mol. The van der Waals surface area contributed by atoms with Crippen LogP contribution in [-0.4, -0.2) is 0 Å². The zero-order valence-electron chi connectivity index (χ0n) is 10.4. The molecule has 0 amide bonds. The van der Waals surface area contributed by atoms with Gasteiger partial charge in [-0.1, -0.05) is 29.8 Å². The second-order valence-corrected chi connectivity index (χ2v) is 5.18. The molecule has 0 spiro atoms. The molecule has 0 fully saturated rings. The van der Waals surface area contributed by atoms with Gasteiger partial charge in [-0.2, -0.15) is 0 Å². The molecule has 0 radical (unpaired) electrons. The second kappa shape index (κ2) is 5.04. The minimum absolute atomic E-state index is 0.0321. The number of benzene rings is 2. The van der Waals surface area contributed by atoms with Gasteiger partial charge in [0.2, 0.25) is 0 Å². The first-order valence-electron chi connectivity index (χ1n) is 6.22. The Hall–Kier alpha value is -1.65. The zero-order valence-corrected chi connectivity index (χ0v) is 11.2. The molecule has 2 atom stereocenters. The normalized spacial score (nSPS) is 21.2. The molecule has 0 aliphatic carbocycles. The van der Waals surface area contributed by atoms with Gasteiger partial charge in [0.15, 0.2) is 0 Å². The van der Waals surface area contributed by atoms with Crippen molar-refractivity contribution in [2.45, 2.75) is 18.6 Å². The Bertz CT molecular complexity index is 662. The van der Waals surface area contributed by atoms with Crippen LogP contribution in [0.15, 0.2) is 36.4 Å². The molecule has 104 valence electrons. The molecule has 1 aliphatic rings. The monoisotopic (exact) mass is 295 g/mol. The summed E-state index contributed by atoms with van der Waals surface area (Å²) >= 11 is 5.77. The lowest BCUT2D eigenvalue weighted by Gasteiger charge is -2.30. The van der Waals surface area contributed by atoms with Crippen LogP contribution in [-0.2, 0) is 0 Å². The molecule has 0 bridgehead atoms. The quantitative estimate of drug-likeness (QED) is 0.858. The Morgan fingerprint density at radius 3 is 2.75 bits per heavy atom. The van der Waals surface area contributed by atoms with Crippen molar-refractivity contribution in [3.63, 3.8) is 0 Å². The van der Waals surface area contributed by atoms with Gasteiger partial charge in [-0.05, 0) is 12.1 Å². The number of fused-ring (bicyclic) bond motifs is 1. The molecule has 2 N–H and O–H groups in total. The van der Waals surface area contributed by atoms with Gasteiger partial charge in [-0.25, -0.2) is 8.78 Å². The van der Waals surface area contributed by atoms with Crippen LogP contribution in [0.5, 0.6) is 5.75 Å². The number of nitrogens with two attached hydrogens (primary N) is 1. The first kappa shape index (κ1) is 13.3. The first-order valence-corrected chi connectivity index (χ1v) is 6.59. The molecule has 20 heavy (non-hydrogen) atoms. The van der Waals surface area contributed by atoms with Crippen molar-refractivity contribution in [1.82, 2.24) is 0 Å². The van der Waals surface area contributed by atoms with Gasteiger partial charge in [0.25, 0.3) is 0 Å². The van der Waals surface area contributed by atoms with Gasteiger partial charge in [-0.3, -0.25) is 0 Å². The van der Waals surface area contributed by atoms with Crippen LogP contribution in [0.4, 0.5) is 8.78 Å². The maximum absolute atomic E-state index is 14.0. The Balaban J connectivity index is 2.00. The fraction of sp³-hybridized carbons (Fsp3) is 0.200. The number of rotatable bonds is 1. The lowest BCUT2D eigenvalue weighted by atomic mass is 9.93. The van der Waals surface area contributed by atoms with Gasteiger partial charge >= 0.3 is 0 Å². The van der Waals surface area contributed by atoms with Crippen molar-refractivity contribution in [2.75, 3.05) is 0 Å². The van der Waals surface area contributed by atoms with Crippen LogP contribution >= 0.6 is 11.6 Å². The highest BCUT2D eigenvalue weighted by Crippen LogP contribution is 2.41. The summed E-state index contributed by atoms with van der Waals surface area (Å²) in [5.41, 5.74) is 7.12. The molecular weight excluding hydrogens is 284 g/mol. The summed E-state index contributed by atoms with van der Waals surface area (Å²) in [4.78, 5) is 0. The summed E-state index contributed by atoms with van der Waals surface area (Å²) < 4.78 is 33.0. The van der Waals surface area contributed by atoms with Gasteiger partial charge in [-0.15, -0.1) is 0 Å². The van der Waals surface area contributed by atoms with E-state index in [4.69, 9.17) is 22.1 Å². The van der Waals surface area contributed by atoms with E-state index in [1.54, 1.807) is 18.2 Å². The summed E-state index contributed by atoms with van der Waals surface area (Å²) in [5.74, 6) is -0.581. The van der Waals surface area contributed by atoms with Crippen LogP contribution in [0.1, 0.15) is 29.7 Å². The highest BCUT2D eigenvalue weighted by atomic mass is 35.5. The molecular formula is C15H12ClF2NO. The van der Waals surface area contributed by atoms with Crippen molar-refractivity contribution in [3.05, 3.63) is 64.2 Å². The highest BCUT2D eigenvalue weighted by Gasteiger charge is 2.29. The molecule has 1 aliphatic heterocycles. The Morgan fingerprint density at radius 2 is 1.95 bits per heavy atom. The maximum Gasteiger partial charge on any atom is 0.148 e.